The number of aromatic nitrogens is 2. The summed E-state index contributed by atoms with van der Waals surface area (Å²) in [5.74, 6) is -0.845. The van der Waals surface area contributed by atoms with Crippen molar-refractivity contribution < 1.29 is 28.6 Å². The lowest BCUT2D eigenvalue weighted by Crippen LogP contribution is -2.32. The molecule has 0 radical (unpaired) electrons. The Morgan fingerprint density at radius 1 is 1.02 bits per heavy atom. The number of hydrogen-bond acceptors (Lipinski definition) is 8. The summed E-state index contributed by atoms with van der Waals surface area (Å²) in [5, 5.41) is 21.1. The Hall–Kier alpha value is -4.00. The molecule has 10 nitrogen and oxygen atoms in total. The molecule has 1 amide bonds. The number of aliphatic hydroxyl groups is 1. The zero-order chi connectivity index (χ0) is 33.9. The zero-order valence-corrected chi connectivity index (χ0v) is 28.1. The molecule has 4 aromatic rings. The van der Waals surface area contributed by atoms with Crippen LogP contribution in [0.3, 0.4) is 0 Å². The quantitative estimate of drug-likeness (QED) is 0.171. The molecule has 3 N–H and O–H groups in total. The molecule has 3 heterocycles. The van der Waals surface area contributed by atoms with E-state index < -0.39 is 17.8 Å². The standard InChI is InChI=1S/C35H36Cl2FN5O5/c1-47-31-15-20(14-26(38)25(31)19-42-13-11-21(44)18-42)22-6-3-7-23(33(22)36)24-8-4-9-28(34(24)37)40-35(46)29-16-30-27(39-17-32(45)48-2)10-5-12-43(30)41-29/h3-4,6-9,14-16,21,27,39,44H,5,10-13,17-19H2,1-2H3,(H,40,46)/t21-,27?/m1/s1. The van der Waals surface area contributed by atoms with Crippen molar-refractivity contribution in [2.45, 2.75) is 44.5 Å². The van der Waals surface area contributed by atoms with Crippen molar-refractivity contribution in [3.63, 3.8) is 0 Å². The molecule has 1 aromatic heterocycles. The third-order valence-corrected chi connectivity index (χ3v) is 9.65. The largest absolute Gasteiger partial charge is 0.496 e. The van der Waals surface area contributed by atoms with Crippen LogP contribution in [-0.2, 0) is 22.6 Å². The lowest BCUT2D eigenvalue weighted by atomic mass is 9.97. The molecule has 1 saturated heterocycles. The topological polar surface area (TPSA) is 118 Å². The first-order valence-electron chi connectivity index (χ1n) is 15.7. The fourth-order valence-electron chi connectivity index (χ4n) is 6.35. The smallest absolute Gasteiger partial charge is 0.319 e. The number of methoxy groups -OCH3 is 2. The number of fused-ring (bicyclic) bond motifs is 1. The highest BCUT2D eigenvalue weighted by atomic mass is 35.5. The van der Waals surface area contributed by atoms with E-state index in [1.165, 1.54) is 20.3 Å². The van der Waals surface area contributed by atoms with E-state index in [4.69, 9.17) is 32.7 Å². The number of halogens is 3. The molecule has 252 valence electrons. The molecule has 0 aliphatic carbocycles. The number of nitrogens with one attached hydrogen (secondary N) is 2. The number of likely N-dealkylation sites (tertiary alicyclic amines) is 1. The van der Waals surface area contributed by atoms with Gasteiger partial charge < -0.3 is 19.9 Å². The van der Waals surface area contributed by atoms with Crippen LogP contribution < -0.4 is 15.4 Å². The maximum Gasteiger partial charge on any atom is 0.319 e. The van der Waals surface area contributed by atoms with Crippen molar-refractivity contribution in [1.82, 2.24) is 20.0 Å². The van der Waals surface area contributed by atoms with Crippen LogP contribution in [-0.4, -0.2) is 71.6 Å². The predicted octanol–water partition coefficient (Wildman–Crippen LogP) is 6.09. The monoisotopic (exact) mass is 695 g/mol. The second-order valence-corrected chi connectivity index (χ2v) is 12.7. The SMILES string of the molecule is COC(=O)CNC1CCCn2nc(C(=O)Nc3cccc(-c4cccc(-c5cc(F)c(CN6CC[C@@H](O)C6)c(OC)c5)c4Cl)c3Cl)cc21. The van der Waals surface area contributed by atoms with Crippen LogP contribution in [0.2, 0.25) is 10.0 Å². The molecule has 2 aliphatic heterocycles. The first kappa shape index (κ1) is 33.9. The van der Waals surface area contributed by atoms with Crippen molar-refractivity contribution in [1.29, 1.82) is 0 Å². The van der Waals surface area contributed by atoms with E-state index in [1.54, 1.807) is 41.1 Å². The lowest BCUT2D eigenvalue weighted by Gasteiger charge is -2.24. The molecular weight excluding hydrogens is 660 g/mol. The van der Waals surface area contributed by atoms with Gasteiger partial charge in [0.25, 0.3) is 5.91 Å². The Labute approximate surface area is 287 Å². The number of carbonyl (C=O) groups excluding carboxylic acids is 2. The number of rotatable bonds is 10. The van der Waals surface area contributed by atoms with Gasteiger partial charge in [0.05, 0.1) is 48.3 Å². The van der Waals surface area contributed by atoms with Crippen LogP contribution in [0.25, 0.3) is 22.3 Å². The van der Waals surface area contributed by atoms with E-state index >= 15 is 4.39 Å². The van der Waals surface area contributed by atoms with Crippen molar-refractivity contribution >= 4 is 40.8 Å². The van der Waals surface area contributed by atoms with Gasteiger partial charge in [0.1, 0.15) is 11.6 Å². The van der Waals surface area contributed by atoms with Gasteiger partial charge in [0.15, 0.2) is 5.69 Å². The second-order valence-electron chi connectivity index (χ2n) is 11.9. The zero-order valence-electron chi connectivity index (χ0n) is 26.6. The summed E-state index contributed by atoms with van der Waals surface area (Å²) >= 11 is 13.9. The number of aryl methyl sites for hydroxylation is 1. The Balaban J connectivity index is 1.24. The Morgan fingerprint density at radius 3 is 2.50 bits per heavy atom. The van der Waals surface area contributed by atoms with Gasteiger partial charge >= 0.3 is 5.97 Å². The first-order chi connectivity index (χ1) is 23.2. The van der Waals surface area contributed by atoms with Crippen molar-refractivity contribution in [3.05, 3.63) is 87.4 Å². The summed E-state index contributed by atoms with van der Waals surface area (Å²) < 4.78 is 27.6. The highest BCUT2D eigenvalue weighted by molar-refractivity contribution is 6.39. The van der Waals surface area contributed by atoms with Crippen molar-refractivity contribution in [3.8, 4) is 28.0 Å². The Morgan fingerprint density at radius 2 is 1.77 bits per heavy atom. The molecule has 2 atom stereocenters. The first-order valence-corrected chi connectivity index (χ1v) is 16.5. The summed E-state index contributed by atoms with van der Waals surface area (Å²) in [4.78, 5) is 27.0. The molecule has 6 rings (SSSR count). The maximum atomic E-state index is 15.5. The number of esters is 1. The van der Waals surface area contributed by atoms with Gasteiger partial charge in [-0.05, 0) is 49.1 Å². The van der Waals surface area contributed by atoms with E-state index in [-0.39, 0.29) is 29.3 Å². The fraction of sp³-hybridized carbons (Fsp3) is 0.343. The number of carbonyl (C=O) groups is 2. The van der Waals surface area contributed by atoms with Gasteiger partial charge in [-0.25, -0.2) is 4.39 Å². The Bertz CT molecular complexity index is 1850. The molecule has 48 heavy (non-hydrogen) atoms. The minimum atomic E-state index is -0.436. The van der Waals surface area contributed by atoms with Gasteiger partial charge in [-0.2, -0.15) is 5.10 Å². The second kappa shape index (κ2) is 14.6. The normalized spacial score (nSPS) is 17.6. The molecule has 3 aromatic carbocycles. The van der Waals surface area contributed by atoms with Gasteiger partial charge in [-0.15, -0.1) is 0 Å². The Kier molecular flexibility index (Phi) is 10.3. The van der Waals surface area contributed by atoms with Gasteiger partial charge in [0, 0.05) is 54.5 Å². The molecule has 2 aliphatic rings. The summed E-state index contributed by atoms with van der Waals surface area (Å²) in [5.41, 5.74) is 4.12. The number of anilines is 1. The van der Waals surface area contributed by atoms with Gasteiger partial charge in [-0.1, -0.05) is 53.5 Å². The highest BCUT2D eigenvalue weighted by Gasteiger charge is 2.27. The van der Waals surface area contributed by atoms with Crippen LogP contribution in [0.15, 0.2) is 54.6 Å². The fourth-order valence-corrected chi connectivity index (χ4v) is 6.96. The number of benzene rings is 3. The van der Waals surface area contributed by atoms with Crippen LogP contribution >= 0.6 is 23.2 Å². The summed E-state index contributed by atoms with van der Waals surface area (Å²) in [7, 11) is 2.83. The van der Waals surface area contributed by atoms with E-state index in [0.29, 0.717) is 76.9 Å². The average molecular weight is 697 g/mol. The maximum absolute atomic E-state index is 15.5. The third kappa shape index (κ3) is 7.06. The number of β-amino-alcohol motifs (C(OH)–C–C–N with tert-alkyl or cyclic N) is 1. The van der Waals surface area contributed by atoms with Gasteiger partial charge in [0.2, 0.25) is 0 Å². The summed E-state index contributed by atoms with van der Waals surface area (Å²) in [6.07, 6.45) is 1.88. The molecule has 1 fully saturated rings. The highest BCUT2D eigenvalue weighted by Crippen LogP contribution is 2.43. The van der Waals surface area contributed by atoms with Crippen molar-refractivity contribution in [2.24, 2.45) is 0 Å². The number of amides is 1. The number of hydrogen-bond donors (Lipinski definition) is 3. The molecule has 1 unspecified atom stereocenters. The third-order valence-electron chi connectivity index (χ3n) is 8.83. The molecule has 13 heteroatoms. The van der Waals surface area contributed by atoms with E-state index in [2.05, 4.69) is 15.7 Å². The predicted molar refractivity (Wildman–Crippen MR) is 182 cm³/mol. The lowest BCUT2D eigenvalue weighted by molar-refractivity contribution is -0.139. The van der Waals surface area contributed by atoms with Crippen LogP contribution in [0, 0.1) is 5.82 Å². The summed E-state index contributed by atoms with van der Waals surface area (Å²) in [6, 6.07) is 15.4. The molecule has 0 spiro atoms. The van der Waals surface area contributed by atoms with E-state index in [0.717, 1.165) is 18.5 Å². The molecule has 0 bridgehead atoms. The summed E-state index contributed by atoms with van der Waals surface area (Å²) in [6.45, 7) is 2.20. The van der Waals surface area contributed by atoms with Crippen LogP contribution in [0.5, 0.6) is 5.75 Å². The number of nitrogens with zero attached hydrogens (tertiary/aromatic N) is 3. The molecular formula is C35H36Cl2FN5O5. The van der Waals surface area contributed by atoms with Gasteiger partial charge in [-0.3, -0.25) is 24.5 Å². The number of ether oxygens (including phenoxy) is 2. The average Bonchev–Trinajstić information content (AvgIpc) is 3.72. The van der Waals surface area contributed by atoms with Crippen LogP contribution in [0.4, 0.5) is 10.1 Å². The number of aliphatic hydroxyl groups excluding tert-OH is 1. The minimum Gasteiger partial charge on any atom is -0.496 e. The van der Waals surface area contributed by atoms with E-state index in [9.17, 15) is 14.7 Å². The van der Waals surface area contributed by atoms with Crippen LogP contribution in [0.1, 0.15) is 47.1 Å². The molecule has 0 saturated carbocycles. The van der Waals surface area contributed by atoms with E-state index in [1.807, 2.05) is 17.0 Å². The van der Waals surface area contributed by atoms with Crippen molar-refractivity contribution in [2.75, 3.05) is 39.2 Å². The minimum absolute atomic E-state index is 0.0539.